The molecule has 0 spiro atoms. The van der Waals surface area contributed by atoms with E-state index in [1.165, 1.54) is 18.5 Å². The molecule has 0 saturated heterocycles. The van der Waals surface area contributed by atoms with Crippen LogP contribution in [0.3, 0.4) is 0 Å². The maximum Gasteiger partial charge on any atom is 0.120 e. The van der Waals surface area contributed by atoms with E-state index in [4.69, 9.17) is 4.74 Å². The zero-order chi connectivity index (χ0) is 10.4. The zero-order valence-electron chi connectivity index (χ0n) is 9.29. The first kappa shape index (κ1) is 10.9. The van der Waals surface area contributed by atoms with Crippen molar-refractivity contribution in [1.29, 1.82) is 0 Å². The van der Waals surface area contributed by atoms with Crippen LogP contribution >= 0.6 is 0 Å². The van der Waals surface area contributed by atoms with Crippen molar-refractivity contribution in [3.05, 3.63) is 24.3 Å². The van der Waals surface area contributed by atoms with Crippen molar-refractivity contribution in [3.8, 4) is 5.75 Å². The number of benzene rings is 1. The van der Waals surface area contributed by atoms with Gasteiger partial charge in [-0.15, -0.1) is 0 Å². The fraction of sp³-hybridized carbons (Fsp3) is 0.500. The lowest BCUT2D eigenvalue weighted by Gasteiger charge is -2.19. The smallest absolute Gasteiger partial charge is 0.120 e. The highest BCUT2D eigenvalue weighted by atomic mass is 16.5. The maximum absolute atomic E-state index is 5.18. The number of nitrogens with zero attached hydrogens (tertiary/aromatic N) is 1. The van der Waals surface area contributed by atoms with E-state index in [0.717, 1.165) is 12.3 Å². The van der Waals surface area contributed by atoms with Crippen LogP contribution < -0.4 is 9.64 Å². The summed E-state index contributed by atoms with van der Waals surface area (Å²) in [5.74, 6) is 0.922. The summed E-state index contributed by atoms with van der Waals surface area (Å²) >= 11 is 0. The zero-order valence-corrected chi connectivity index (χ0v) is 9.29. The number of ether oxygens (including phenoxy) is 1. The predicted octanol–water partition coefficient (Wildman–Crippen LogP) is 2.93. The van der Waals surface area contributed by atoms with Gasteiger partial charge in [0, 0.05) is 25.3 Å². The van der Waals surface area contributed by atoms with Gasteiger partial charge in [-0.2, -0.15) is 0 Å². The van der Waals surface area contributed by atoms with Crippen LogP contribution in [0.1, 0.15) is 19.8 Å². The number of hydrogen-bond acceptors (Lipinski definition) is 2. The van der Waals surface area contributed by atoms with Gasteiger partial charge in [0.15, 0.2) is 0 Å². The molecule has 0 atom stereocenters. The van der Waals surface area contributed by atoms with E-state index in [-0.39, 0.29) is 0 Å². The first-order valence-electron chi connectivity index (χ1n) is 5.13. The Hall–Kier alpha value is -1.18. The van der Waals surface area contributed by atoms with Gasteiger partial charge in [0.25, 0.3) is 0 Å². The molecule has 2 heteroatoms. The minimum Gasteiger partial charge on any atom is -0.497 e. The molecular formula is C12H19NO. The Labute approximate surface area is 86.5 Å². The average molecular weight is 193 g/mol. The highest BCUT2D eigenvalue weighted by Crippen LogP contribution is 2.19. The quantitative estimate of drug-likeness (QED) is 0.713. The number of unbranched alkanes of at least 4 members (excludes halogenated alkanes) is 1. The van der Waals surface area contributed by atoms with Gasteiger partial charge in [0.2, 0.25) is 0 Å². The molecule has 0 heterocycles. The number of methoxy groups -OCH3 is 1. The summed E-state index contributed by atoms with van der Waals surface area (Å²) < 4.78 is 5.18. The van der Waals surface area contributed by atoms with Crippen molar-refractivity contribution in [2.75, 3.05) is 25.6 Å². The molecule has 0 bridgehead atoms. The second kappa shape index (κ2) is 5.53. The van der Waals surface area contributed by atoms with Crippen molar-refractivity contribution in [2.45, 2.75) is 19.8 Å². The van der Waals surface area contributed by atoms with Crippen molar-refractivity contribution in [1.82, 2.24) is 0 Å². The van der Waals surface area contributed by atoms with E-state index in [0.29, 0.717) is 0 Å². The lowest BCUT2D eigenvalue weighted by molar-refractivity contribution is 0.415. The van der Waals surface area contributed by atoms with Gasteiger partial charge in [-0.25, -0.2) is 0 Å². The molecule has 78 valence electrons. The van der Waals surface area contributed by atoms with Crippen molar-refractivity contribution in [2.24, 2.45) is 0 Å². The van der Waals surface area contributed by atoms with Crippen LogP contribution in [0.25, 0.3) is 0 Å². The molecule has 1 aromatic rings. The van der Waals surface area contributed by atoms with Crippen LogP contribution in [0.4, 0.5) is 5.69 Å². The summed E-state index contributed by atoms with van der Waals surface area (Å²) in [4.78, 5) is 2.26. The van der Waals surface area contributed by atoms with Crippen LogP contribution in [0, 0.1) is 0 Å². The fourth-order valence-electron chi connectivity index (χ4n) is 1.37. The van der Waals surface area contributed by atoms with Gasteiger partial charge < -0.3 is 9.64 Å². The van der Waals surface area contributed by atoms with Gasteiger partial charge >= 0.3 is 0 Å². The van der Waals surface area contributed by atoms with E-state index in [1.807, 2.05) is 12.1 Å². The summed E-state index contributed by atoms with van der Waals surface area (Å²) in [7, 11) is 3.82. The van der Waals surface area contributed by atoms with E-state index in [9.17, 15) is 0 Å². The predicted molar refractivity (Wildman–Crippen MR) is 61.2 cm³/mol. The van der Waals surface area contributed by atoms with Crippen molar-refractivity contribution in [3.63, 3.8) is 0 Å². The van der Waals surface area contributed by atoms with Gasteiger partial charge in [0.1, 0.15) is 5.75 Å². The summed E-state index contributed by atoms with van der Waals surface area (Å²) in [6.45, 7) is 3.31. The molecule has 0 unspecified atom stereocenters. The Bertz CT molecular complexity index is 273. The van der Waals surface area contributed by atoms with Crippen LogP contribution in [-0.4, -0.2) is 20.7 Å². The molecule has 0 aromatic heterocycles. The fourth-order valence-corrected chi connectivity index (χ4v) is 1.37. The second-order valence-electron chi connectivity index (χ2n) is 3.48. The lowest BCUT2D eigenvalue weighted by atomic mass is 10.2. The summed E-state index contributed by atoms with van der Waals surface area (Å²) in [6, 6.07) is 8.17. The Morgan fingerprint density at radius 2 is 2.14 bits per heavy atom. The summed E-state index contributed by atoms with van der Waals surface area (Å²) in [5, 5.41) is 0. The normalized spacial score (nSPS) is 9.93. The Kier molecular flexibility index (Phi) is 4.30. The van der Waals surface area contributed by atoms with Gasteiger partial charge in [-0.05, 0) is 18.6 Å². The van der Waals surface area contributed by atoms with E-state index in [2.05, 4.69) is 31.0 Å². The number of hydrogen-bond donors (Lipinski definition) is 0. The van der Waals surface area contributed by atoms with Gasteiger partial charge in [-0.1, -0.05) is 19.4 Å². The number of rotatable bonds is 5. The van der Waals surface area contributed by atoms with Crippen LogP contribution in [0.15, 0.2) is 24.3 Å². The maximum atomic E-state index is 5.18. The largest absolute Gasteiger partial charge is 0.497 e. The van der Waals surface area contributed by atoms with Gasteiger partial charge in [-0.3, -0.25) is 0 Å². The third kappa shape index (κ3) is 2.95. The molecule has 1 aromatic carbocycles. The molecule has 0 aliphatic rings. The Balaban J connectivity index is 2.64. The standard InChI is InChI=1S/C12H19NO/c1-4-5-9-13(2)11-7-6-8-12(10-11)14-3/h6-8,10H,4-5,9H2,1-3H3. The summed E-state index contributed by atoms with van der Waals surface area (Å²) in [5.41, 5.74) is 1.22. The molecule has 0 aliphatic heterocycles. The number of anilines is 1. The van der Waals surface area contributed by atoms with Crippen LogP contribution in [-0.2, 0) is 0 Å². The second-order valence-corrected chi connectivity index (χ2v) is 3.48. The highest BCUT2D eigenvalue weighted by molar-refractivity contribution is 5.49. The summed E-state index contributed by atoms with van der Waals surface area (Å²) in [6.07, 6.45) is 2.46. The molecular weight excluding hydrogens is 174 g/mol. The molecule has 0 amide bonds. The highest BCUT2D eigenvalue weighted by Gasteiger charge is 2.00. The van der Waals surface area contributed by atoms with E-state index < -0.39 is 0 Å². The minimum atomic E-state index is 0.922. The molecule has 0 fully saturated rings. The molecule has 0 N–H and O–H groups in total. The average Bonchev–Trinajstić information content (AvgIpc) is 2.26. The molecule has 0 radical (unpaired) electrons. The van der Waals surface area contributed by atoms with Crippen LogP contribution in [0.5, 0.6) is 5.75 Å². The molecule has 1 rings (SSSR count). The Morgan fingerprint density at radius 1 is 1.36 bits per heavy atom. The van der Waals surface area contributed by atoms with Crippen molar-refractivity contribution < 1.29 is 4.74 Å². The minimum absolute atomic E-state index is 0.922. The first-order valence-corrected chi connectivity index (χ1v) is 5.13. The molecule has 2 nitrogen and oxygen atoms in total. The van der Waals surface area contributed by atoms with Crippen LogP contribution in [0.2, 0.25) is 0 Å². The third-order valence-corrected chi connectivity index (χ3v) is 2.34. The molecule has 14 heavy (non-hydrogen) atoms. The Morgan fingerprint density at radius 3 is 2.79 bits per heavy atom. The molecule has 0 saturated carbocycles. The van der Waals surface area contributed by atoms with E-state index >= 15 is 0 Å². The molecule has 0 aliphatic carbocycles. The topological polar surface area (TPSA) is 12.5 Å². The van der Waals surface area contributed by atoms with E-state index in [1.54, 1.807) is 7.11 Å². The monoisotopic (exact) mass is 193 g/mol. The SMILES string of the molecule is CCCCN(C)c1cccc(OC)c1. The van der Waals surface area contributed by atoms with Gasteiger partial charge in [0.05, 0.1) is 7.11 Å². The third-order valence-electron chi connectivity index (χ3n) is 2.34. The van der Waals surface area contributed by atoms with Crippen molar-refractivity contribution >= 4 is 5.69 Å². The first-order chi connectivity index (χ1) is 6.77. The lowest BCUT2D eigenvalue weighted by Crippen LogP contribution is -2.18.